The predicted molar refractivity (Wildman–Crippen MR) is 117 cm³/mol. The zero-order valence-electron chi connectivity index (χ0n) is 18.1. The van der Waals surface area contributed by atoms with Crippen LogP contribution in [0.2, 0.25) is 0 Å². The fourth-order valence-electron chi connectivity index (χ4n) is 3.14. The van der Waals surface area contributed by atoms with Crippen LogP contribution >= 0.6 is 0 Å². The van der Waals surface area contributed by atoms with E-state index in [2.05, 4.69) is 60.2 Å². The molecule has 152 valence electrons. The number of likely N-dealkylation sites (N-methyl/N-ethyl adjacent to an activating group) is 1. The molecule has 1 heterocycles. The summed E-state index contributed by atoms with van der Waals surface area (Å²) < 4.78 is 0. The fourth-order valence-corrected chi connectivity index (χ4v) is 3.14. The van der Waals surface area contributed by atoms with Gasteiger partial charge in [-0.05, 0) is 56.2 Å². The standard InChI is InChI=1S/C23H34N4O/c1-23(2,3)19-10-12-20(13-11-19)27(6)21(18-9-7-14-24-17-18)22(28)25-15-8-16-26(4)5/h7,9-14,17,21H,8,15-16H2,1-6H3,(H,25,28). The van der Waals surface area contributed by atoms with Gasteiger partial charge in [0.1, 0.15) is 6.04 Å². The van der Waals surface area contributed by atoms with Gasteiger partial charge in [-0.25, -0.2) is 0 Å². The molecule has 1 aromatic heterocycles. The number of aromatic nitrogens is 1. The highest BCUT2D eigenvalue weighted by Crippen LogP contribution is 2.29. The van der Waals surface area contributed by atoms with Gasteiger partial charge in [0, 0.05) is 37.2 Å². The number of carbonyl (C=O) groups excluding carboxylic acids is 1. The lowest BCUT2D eigenvalue weighted by Crippen LogP contribution is -2.39. The van der Waals surface area contributed by atoms with Gasteiger partial charge in [-0.3, -0.25) is 9.78 Å². The van der Waals surface area contributed by atoms with Crippen molar-refractivity contribution < 1.29 is 4.79 Å². The Hall–Kier alpha value is -2.40. The molecule has 0 spiro atoms. The van der Waals surface area contributed by atoms with E-state index in [1.807, 2.05) is 38.2 Å². The quantitative estimate of drug-likeness (QED) is 0.709. The van der Waals surface area contributed by atoms with Crippen LogP contribution in [-0.2, 0) is 10.2 Å². The monoisotopic (exact) mass is 382 g/mol. The summed E-state index contributed by atoms with van der Waals surface area (Å²) >= 11 is 0. The number of pyridine rings is 1. The van der Waals surface area contributed by atoms with Crippen LogP contribution in [0.4, 0.5) is 5.69 Å². The molecule has 28 heavy (non-hydrogen) atoms. The summed E-state index contributed by atoms with van der Waals surface area (Å²) in [6.45, 7) is 8.20. The van der Waals surface area contributed by atoms with Gasteiger partial charge in [0.15, 0.2) is 0 Å². The Labute approximate surface area is 169 Å². The summed E-state index contributed by atoms with van der Waals surface area (Å²) in [6, 6.07) is 11.9. The number of amides is 1. The average molecular weight is 383 g/mol. The number of anilines is 1. The van der Waals surface area contributed by atoms with E-state index in [1.54, 1.807) is 12.4 Å². The summed E-state index contributed by atoms with van der Waals surface area (Å²) in [7, 11) is 6.04. The number of benzene rings is 1. The van der Waals surface area contributed by atoms with Gasteiger partial charge < -0.3 is 15.1 Å². The number of nitrogens with one attached hydrogen (secondary N) is 1. The first kappa shape index (κ1) is 21.9. The van der Waals surface area contributed by atoms with Gasteiger partial charge in [-0.1, -0.05) is 39.0 Å². The van der Waals surface area contributed by atoms with E-state index in [1.165, 1.54) is 5.56 Å². The van der Waals surface area contributed by atoms with Crippen molar-refractivity contribution in [3.8, 4) is 0 Å². The maximum Gasteiger partial charge on any atom is 0.247 e. The molecule has 0 radical (unpaired) electrons. The first-order valence-electron chi connectivity index (χ1n) is 9.86. The van der Waals surface area contributed by atoms with Gasteiger partial charge in [0.25, 0.3) is 0 Å². The van der Waals surface area contributed by atoms with E-state index in [0.29, 0.717) is 6.54 Å². The Morgan fingerprint density at radius 3 is 2.32 bits per heavy atom. The lowest BCUT2D eigenvalue weighted by molar-refractivity contribution is -0.122. The Morgan fingerprint density at radius 2 is 1.79 bits per heavy atom. The van der Waals surface area contributed by atoms with Gasteiger partial charge in [-0.15, -0.1) is 0 Å². The summed E-state index contributed by atoms with van der Waals surface area (Å²) in [4.78, 5) is 21.4. The molecular formula is C23H34N4O. The third-order valence-electron chi connectivity index (χ3n) is 4.86. The lowest BCUT2D eigenvalue weighted by atomic mass is 9.87. The van der Waals surface area contributed by atoms with Crippen LogP contribution < -0.4 is 10.2 Å². The molecule has 5 nitrogen and oxygen atoms in total. The van der Waals surface area contributed by atoms with Crippen molar-refractivity contribution in [1.82, 2.24) is 15.2 Å². The van der Waals surface area contributed by atoms with Crippen molar-refractivity contribution >= 4 is 11.6 Å². The minimum absolute atomic E-state index is 0.00541. The summed E-state index contributed by atoms with van der Waals surface area (Å²) in [5.74, 6) is -0.00541. The molecule has 0 aliphatic rings. The van der Waals surface area contributed by atoms with E-state index in [9.17, 15) is 4.79 Å². The molecule has 1 aromatic carbocycles. The topological polar surface area (TPSA) is 48.5 Å². The molecule has 2 aromatic rings. The highest BCUT2D eigenvalue weighted by Gasteiger charge is 2.26. The van der Waals surface area contributed by atoms with Crippen molar-refractivity contribution in [2.45, 2.75) is 38.6 Å². The molecule has 1 amide bonds. The second-order valence-corrected chi connectivity index (χ2v) is 8.54. The van der Waals surface area contributed by atoms with Crippen LogP contribution in [-0.4, -0.2) is 50.0 Å². The first-order valence-corrected chi connectivity index (χ1v) is 9.86. The molecule has 1 N–H and O–H groups in total. The Bertz CT molecular complexity index is 735. The largest absolute Gasteiger partial charge is 0.359 e. The van der Waals surface area contributed by atoms with Crippen LogP contribution in [0.3, 0.4) is 0 Å². The van der Waals surface area contributed by atoms with Crippen LogP contribution in [0.5, 0.6) is 0 Å². The predicted octanol–water partition coefficient (Wildman–Crippen LogP) is 3.62. The van der Waals surface area contributed by atoms with Gasteiger partial charge in [0.2, 0.25) is 5.91 Å². The fraction of sp³-hybridized carbons (Fsp3) is 0.478. The normalized spacial score (nSPS) is 12.7. The van der Waals surface area contributed by atoms with Crippen molar-refractivity contribution in [3.63, 3.8) is 0 Å². The van der Waals surface area contributed by atoms with E-state index in [-0.39, 0.29) is 11.3 Å². The third-order valence-corrected chi connectivity index (χ3v) is 4.86. The molecule has 0 saturated heterocycles. The van der Waals surface area contributed by atoms with Crippen molar-refractivity contribution in [2.75, 3.05) is 39.1 Å². The number of hydrogen-bond acceptors (Lipinski definition) is 4. The molecule has 0 aliphatic heterocycles. The minimum atomic E-state index is -0.423. The zero-order valence-corrected chi connectivity index (χ0v) is 18.1. The summed E-state index contributed by atoms with van der Waals surface area (Å²) in [6.07, 6.45) is 4.42. The van der Waals surface area contributed by atoms with Crippen LogP contribution in [0.15, 0.2) is 48.8 Å². The Morgan fingerprint density at radius 1 is 1.11 bits per heavy atom. The van der Waals surface area contributed by atoms with E-state index in [4.69, 9.17) is 0 Å². The number of hydrogen-bond donors (Lipinski definition) is 1. The van der Waals surface area contributed by atoms with Gasteiger partial charge in [0.05, 0.1) is 0 Å². The molecular weight excluding hydrogens is 348 g/mol. The first-order chi connectivity index (χ1) is 13.2. The van der Waals surface area contributed by atoms with E-state index < -0.39 is 6.04 Å². The minimum Gasteiger partial charge on any atom is -0.359 e. The average Bonchev–Trinajstić information content (AvgIpc) is 2.65. The molecule has 0 bridgehead atoms. The van der Waals surface area contributed by atoms with E-state index in [0.717, 1.165) is 24.2 Å². The smallest absolute Gasteiger partial charge is 0.247 e. The second kappa shape index (κ2) is 9.69. The highest BCUT2D eigenvalue weighted by atomic mass is 16.2. The molecule has 0 saturated carbocycles. The maximum atomic E-state index is 13.0. The molecule has 5 heteroatoms. The number of nitrogens with zero attached hydrogens (tertiary/aromatic N) is 3. The van der Waals surface area contributed by atoms with Crippen molar-refractivity contribution in [2.24, 2.45) is 0 Å². The highest BCUT2D eigenvalue weighted by molar-refractivity contribution is 5.86. The molecule has 1 atom stereocenters. The number of rotatable bonds is 8. The zero-order chi connectivity index (χ0) is 20.7. The molecule has 0 fully saturated rings. The number of carbonyl (C=O) groups is 1. The van der Waals surface area contributed by atoms with Crippen molar-refractivity contribution in [3.05, 3.63) is 59.9 Å². The summed E-state index contributed by atoms with van der Waals surface area (Å²) in [5, 5.41) is 3.09. The van der Waals surface area contributed by atoms with Crippen LogP contribution in [0.25, 0.3) is 0 Å². The Kier molecular flexibility index (Phi) is 7.58. The molecule has 0 aliphatic carbocycles. The Balaban J connectivity index is 2.20. The van der Waals surface area contributed by atoms with E-state index >= 15 is 0 Å². The van der Waals surface area contributed by atoms with Gasteiger partial charge >= 0.3 is 0 Å². The van der Waals surface area contributed by atoms with Crippen LogP contribution in [0.1, 0.15) is 44.4 Å². The molecule has 1 unspecified atom stereocenters. The van der Waals surface area contributed by atoms with Crippen molar-refractivity contribution in [1.29, 1.82) is 0 Å². The van der Waals surface area contributed by atoms with Gasteiger partial charge in [-0.2, -0.15) is 0 Å². The SMILES string of the molecule is CN(C)CCCNC(=O)C(c1cccnc1)N(C)c1ccc(C(C)(C)C)cc1. The van der Waals surface area contributed by atoms with Crippen LogP contribution in [0, 0.1) is 0 Å². The second-order valence-electron chi connectivity index (χ2n) is 8.54. The molecule has 2 rings (SSSR count). The maximum absolute atomic E-state index is 13.0. The summed E-state index contributed by atoms with van der Waals surface area (Å²) in [5.41, 5.74) is 3.26. The lowest BCUT2D eigenvalue weighted by Gasteiger charge is -2.30. The third kappa shape index (κ3) is 6.06.